The lowest BCUT2D eigenvalue weighted by Gasteiger charge is -2.20. The fourth-order valence-corrected chi connectivity index (χ4v) is 0.811. The van der Waals surface area contributed by atoms with Crippen LogP contribution in [0.15, 0.2) is 0 Å². The molecule has 62 valence electrons. The highest BCUT2D eigenvalue weighted by atomic mass is 16.1. The Bertz CT molecular complexity index is 179. The summed E-state index contributed by atoms with van der Waals surface area (Å²) in [6.07, 6.45) is 0.639. The van der Waals surface area contributed by atoms with Crippen LogP contribution >= 0.6 is 0 Å². The van der Waals surface area contributed by atoms with Gasteiger partial charge in [-0.25, -0.2) is 0 Å². The summed E-state index contributed by atoms with van der Waals surface area (Å²) in [5.41, 5.74) is 4.89. The maximum Gasteiger partial charge on any atom is 0.152 e. The van der Waals surface area contributed by atoms with E-state index in [2.05, 4.69) is 0 Å². The molecule has 0 bridgehead atoms. The van der Waals surface area contributed by atoms with Gasteiger partial charge in [-0.2, -0.15) is 5.26 Å². The van der Waals surface area contributed by atoms with E-state index in [1.165, 1.54) is 0 Å². The molecule has 0 spiro atoms. The number of rotatable bonds is 4. The molecule has 0 saturated heterocycles. The van der Waals surface area contributed by atoms with Crippen LogP contribution in [0.4, 0.5) is 0 Å². The Morgan fingerprint density at radius 2 is 2.18 bits per heavy atom. The number of hydrogen-bond donors (Lipinski definition) is 1. The predicted molar refractivity (Wildman–Crippen MR) is 42.7 cm³/mol. The average Bonchev–Trinajstić information content (AvgIpc) is 1.88. The first kappa shape index (κ1) is 10.1. The van der Waals surface area contributed by atoms with E-state index >= 15 is 0 Å². The Morgan fingerprint density at radius 3 is 2.55 bits per heavy atom. The molecule has 0 aromatic carbocycles. The summed E-state index contributed by atoms with van der Waals surface area (Å²) in [5, 5.41) is 8.27. The van der Waals surface area contributed by atoms with E-state index in [0.717, 1.165) is 0 Å². The van der Waals surface area contributed by atoms with Crippen LogP contribution in [0.1, 0.15) is 26.7 Å². The topological polar surface area (TPSA) is 66.9 Å². The minimum atomic E-state index is -0.426. The van der Waals surface area contributed by atoms with E-state index in [1.54, 1.807) is 0 Å². The lowest BCUT2D eigenvalue weighted by atomic mass is 9.83. The van der Waals surface area contributed by atoms with Crippen LogP contribution < -0.4 is 5.73 Å². The summed E-state index contributed by atoms with van der Waals surface area (Å²) in [6.45, 7) is 4.13. The fraction of sp³-hybridized carbons (Fsp3) is 0.750. The standard InChI is InChI=1S/C8H14N2O/c1-8(2,4-6-10)7(11)3-5-9/h3-4,6,10H2,1-2H3. The smallest absolute Gasteiger partial charge is 0.152 e. The summed E-state index contributed by atoms with van der Waals surface area (Å²) < 4.78 is 0. The van der Waals surface area contributed by atoms with Gasteiger partial charge in [-0.3, -0.25) is 4.79 Å². The molecule has 0 aliphatic heterocycles. The summed E-state index contributed by atoms with van der Waals surface area (Å²) in [7, 11) is 0. The highest BCUT2D eigenvalue weighted by molar-refractivity contribution is 5.85. The van der Waals surface area contributed by atoms with Crippen molar-refractivity contribution in [2.45, 2.75) is 26.7 Å². The van der Waals surface area contributed by atoms with Crippen molar-refractivity contribution in [1.29, 1.82) is 5.26 Å². The van der Waals surface area contributed by atoms with Gasteiger partial charge in [0.2, 0.25) is 0 Å². The molecular formula is C8H14N2O. The van der Waals surface area contributed by atoms with Crippen molar-refractivity contribution >= 4 is 5.78 Å². The van der Waals surface area contributed by atoms with Gasteiger partial charge in [-0.15, -0.1) is 0 Å². The van der Waals surface area contributed by atoms with Crippen molar-refractivity contribution in [1.82, 2.24) is 0 Å². The molecule has 3 heteroatoms. The molecule has 0 rings (SSSR count). The monoisotopic (exact) mass is 154 g/mol. The molecular weight excluding hydrogens is 140 g/mol. The molecule has 0 aliphatic carbocycles. The zero-order valence-electron chi connectivity index (χ0n) is 7.05. The SMILES string of the molecule is CC(C)(CCN)C(=O)CC#N. The number of hydrogen-bond acceptors (Lipinski definition) is 3. The molecule has 0 unspecified atom stereocenters. The minimum Gasteiger partial charge on any atom is -0.330 e. The van der Waals surface area contributed by atoms with Crippen molar-refractivity contribution < 1.29 is 4.79 Å². The van der Waals surface area contributed by atoms with Crippen LogP contribution in [0.2, 0.25) is 0 Å². The molecule has 0 aromatic rings. The molecule has 0 fully saturated rings. The predicted octanol–water partition coefficient (Wildman–Crippen LogP) is 0.844. The molecule has 2 N–H and O–H groups in total. The van der Waals surface area contributed by atoms with Gasteiger partial charge in [-0.05, 0) is 13.0 Å². The van der Waals surface area contributed by atoms with E-state index in [-0.39, 0.29) is 12.2 Å². The third-order valence-corrected chi connectivity index (χ3v) is 1.76. The van der Waals surface area contributed by atoms with Gasteiger partial charge in [0.1, 0.15) is 0 Å². The fourth-order valence-electron chi connectivity index (χ4n) is 0.811. The number of carbonyl (C=O) groups is 1. The van der Waals surface area contributed by atoms with Crippen LogP contribution in [-0.2, 0) is 4.79 Å². The maximum atomic E-state index is 11.2. The van der Waals surface area contributed by atoms with Crippen LogP contribution in [0.3, 0.4) is 0 Å². The molecule has 0 saturated carbocycles. The zero-order chi connectivity index (χ0) is 8.91. The zero-order valence-corrected chi connectivity index (χ0v) is 7.05. The van der Waals surface area contributed by atoms with Crippen molar-refractivity contribution in [3.63, 3.8) is 0 Å². The van der Waals surface area contributed by atoms with E-state index in [1.807, 2.05) is 19.9 Å². The van der Waals surface area contributed by atoms with Gasteiger partial charge in [-0.1, -0.05) is 13.8 Å². The number of nitriles is 1. The second-order valence-corrected chi connectivity index (χ2v) is 3.18. The van der Waals surface area contributed by atoms with Crippen molar-refractivity contribution in [2.24, 2.45) is 11.1 Å². The summed E-state index contributed by atoms with van der Waals surface area (Å²) in [6, 6.07) is 1.84. The van der Waals surface area contributed by atoms with Gasteiger partial charge < -0.3 is 5.73 Å². The van der Waals surface area contributed by atoms with E-state index in [0.29, 0.717) is 13.0 Å². The van der Waals surface area contributed by atoms with Gasteiger partial charge in [0.05, 0.1) is 12.5 Å². The number of nitrogens with zero attached hydrogens (tertiary/aromatic N) is 1. The number of nitrogens with two attached hydrogens (primary N) is 1. The Labute approximate surface area is 67.2 Å². The molecule has 11 heavy (non-hydrogen) atoms. The number of Topliss-reactive ketones (excluding diaryl/α,β-unsaturated/α-hetero) is 1. The van der Waals surface area contributed by atoms with Gasteiger partial charge in [0.25, 0.3) is 0 Å². The highest BCUT2D eigenvalue weighted by Gasteiger charge is 2.25. The van der Waals surface area contributed by atoms with Crippen LogP contribution in [0, 0.1) is 16.7 Å². The molecule has 0 heterocycles. The molecule has 0 aliphatic rings. The Balaban J connectivity index is 4.08. The first-order valence-electron chi connectivity index (χ1n) is 3.65. The van der Waals surface area contributed by atoms with E-state index in [9.17, 15) is 4.79 Å². The Morgan fingerprint density at radius 1 is 1.64 bits per heavy atom. The quantitative estimate of drug-likeness (QED) is 0.652. The summed E-state index contributed by atoms with van der Waals surface area (Å²) in [4.78, 5) is 11.2. The highest BCUT2D eigenvalue weighted by Crippen LogP contribution is 2.21. The lowest BCUT2D eigenvalue weighted by Crippen LogP contribution is -2.26. The summed E-state index contributed by atoms with van der Waals surface area (Å²) >= 11 is 0. The van der Waals surface area contributed by atoms with Crippen LogP contribution in [-0.4, -0.2) is 12.3 Å². The first-order chi connectivity index (χ1) is 5.04. The summed E-state index contributed by atoms with van der Waals surface area (Å²) in [5.74, 6) is -0.0227. The van der Waals surface area contributed by atoms with Crippen molar-refractivity contribution in [3.05, 3.63) is 0 Å². The molecule has 0 atom stereocenters. The molecule has 0 amide bonds. The van der Waals surface area contributed by atoms with Gasteiger partial charge in [0.15, 0.2) is 5.78 Å². The van der Waals surface area contributed by atoms with Crippen molar-refractivity contribution in [3.8, 4) is 6.07 Å². The third-order valence-electron chi connectivity index (χ3n) is 1.76. The molecule has 0 aromatic heterocycles. The molecule has 3 nitrogen and oxygen atoms in total. The first-order valence-corrected chi connectivity index (χ1v) is 3.65. The number of ketones is 1. The normalized spacial score (nSPS) is 10.7. The average molecular weight is 154 g/mol. The van der Waals surface area contributed by atoms with Crippen LogP contribution in [0.25, 0.3) is 0 Å². The Kier molecular flexibility index (Phi) is 3.77. The third kappa shape index (κ3) is 3.15. The Hall–Kier alpha value is -0.880. The largest absolute Gasteiger partial charge is 0.330 e. The van der Waals surface area contributed by atoms with Crippen LogP contribution in [0.5, 0.6) is 0 Å². The van der Waals surface area contributed by atoms with Gasteiger partial charge in [0, 0.05) is 5.41 Å². The van der Waals surface area contributed by atoms with Crippen molar-refractivity contribution in [2.75, 3.05) is 6.54 Å². The lowest BCUT2D eigenvalue weighted by molar-refractivity contribution is -0.126. The maximum absolute atomic E-state index is 11.2. The number of carbonyl (C=O) groups excluding carboxylic acids is 1. The van der Waals surface area contributed by atoms with E-state index < -0.39 is 5.41 Å². The second-order valence-electron chi connectivity index (χ2n) is 3.18. The van der Waals surface area contributed by atoms with Gasteiger partial charge >= 0.3 is 0 Å². The second kappa shape index (κ2) is 4.09. The molecule has 0 radical (unpaired) electrons. The minimum absolute atomic E-state index is 0.00694. The van der Waals surface area contributed by atoms with E-state index in [4.69, 9.17) is 11.0 Å².